The van der Waals surface area contributed by atoms with Crippen LogP contribution in [0.15, 0.2) is 47.4 Å². The molecule has 0 spiro atoms. The first-order valence-electron chi connectivity index (χ1n) is 9.34. The van der Waals surface area contributed by atoms with Crippen molar-refractivity contribution in [2.24, 2.45) is 5.92 Å². The molecule has 11 heteroatoms. The largest absolute Gasteiger partial charge is 0.495 e. The van der Waals surface area contributed by atoms with Crippen molar-refractivity contribution in [3.63, 3.8) is 0 Å². The third kappa shape index (κ3) is 5.31. The number of rotatable bonds is 5. The molecule has 2 aromatic rings. The number of ether oxygens (including phenoxy) is 1. The van der Waals surface area contributed by atoms with E-state index >= 15 is 0 Å². The van der Waals surface area contributed by atoms with E-state index in [1.54, 1.807) is 0 Å². The van der Waals surface area contributed by atoms with Crippen molar-refractivity contribution < 1.29 is 31.1 Å². The van der Waals surface area contributed by atoms with E-state index < -0.39 is 33.6 Å². The molecule has 1 atom stereocenters. The molecule has 1 N–H and O–H groups in total. The summed E-state index contributed by atoms with van der Waals surface area (Å²) in [5, 5.41) is 2.71. The summed E-state index contributed by atoms with van der Waals surface area (Å²) in [6.07, 6.45) is -3.54. The van der Waals surface area contributed by atoms with Crippen molar-refractivity contribution in [3.8, 4) is 5.75 Å². The average Bonchev–Trinajstić information content (AvgIpc) is 2.73. The van der Waals surface area contributed by atoms with Gasteiger partial charge in [0.05, 0.1) is 28.5 Å². The standard InChI is InChI=1S/C20H20ClF3N2O4S/c1-30-18-9-8-16(11-17(18)21)31(28,29)26-10-2-3-13(12-26)19(27)25-15-6-4-14(5-7-15)20(22,23)24/h4-9,11,13H,2-3,10,12H2,1H3,(H,25,27)/t13-/m0/s1. The second kappa shape index (κ2) is 9.05. The molecule has 1 aliphatic heterocycles. The fourth-order valence-electron chi connectivity index (χ4n) is 3.32. The summed E-state index contributed by atoms with van der Waals surface area (Å²) in [6, 6.07) is 8.21. The maximum absolute atomic E-state index is 13.0. The molecule has 2 aromatic carbocycles. The topological polar surface area (TPSA) is 75.7 Å². The molecule has 0 aromatic heterocycles. The fourth-order valence-corrected chi connectivity index (χ4v) is 5.19. The molecule has 168 valence electrons. The summed E-state index contributed by atoms with van der Waals surface area (Å²) in [5.41, 5.74) is -0.612. The number of methoxy groups -OCH3 is 1. The Labute approximate surface area is 183 Å². The molecule has 0 unspecified atom stereocenters. The van der Waals surface area contributed by atoms with Crippen LogP contribution in [0.2, 0.25) is 5.02 Å². The maximum Gasteiger partial charge on any atom is 0.416 e. The van der Waals surface area contributed by atoms with E-state index in [4.69, 9.17) is 16.3 Å². The van der Waals surface area contributed by atoms with Gasteiger partial charge in [-0.3, -0.25) is 4.79 Å². The summed E-state index contributed by atoms with van der Waals surface area (Å²) in [7, 11) is -2.47. The second-order valence-corrected chi connectivity index (χ2v) is 9.41. The van der Waals surface area contributed by atoms with Gasteiger partial charge in [-0.25, -0.2) is 8.42 Å². The van der Waals surface area contributed by atoms with Crippen LogP contribution in [0, 0.1) is 5.92 Å². The zero-order valence-electron chi connectivity index (χ0n) is 16.4. The smallest absolute Gasteiger partial charge is 0.416 e. The van der Waals surface area contributed by atoms with Crippen LogP contribution in [0.3, 0.4) is 0 Å². The number of carbonyl (C=O) groups is 1. The molecular formula is C20H20ClF3N2O4S. The molecule has 1 heterocycles. The van der Waals surface area contributed by atoms with Crippen LogP contribution >= 0.6 is 11.6 Å². The van der Waals surface area contributed by atoms with Gasteiger partial charge in [0, 0.05) is 18.8 Å². The number of amides is 1. The lowest BCUT2D eigenvalue weighted by Gasteiger charge is -2.31. The van der Waals surface area contributed by atoms with Crippen LogP contribution in [0.1, 0.15) is 18.4 Å². The van der Waals surface area contributed by atoms with Crippen molar-refractivity contribution in [2.75, 3.05) is 25.5 Å². The monoisotopic (exact) mass is 476 g/mol. The van der Waals surface area contributed by atoms with Crippen LogP contribution in [0.25, 0.3) is 0 Å². The van der Waals surface area contributed by atoms with Crippen molar-refractivity contribution in [1.82, 2.24) is 4.31 Å². The minimum atomic E-state index is -4.47. The average molecular weight is 477 g/mol. The minimum absolute atomic E-state index is 0.0119. The Morgan fingerprint density at radius 2 is 1.87 bits per heavy atom. The molecule has 0 radical (unpaired) electrons. The predicted molar refractivity (Wildman–Crippen MR) is 110 cm³/mol. The van der Waals surface area contributed by atoms with Crippen LogP contribution in [-0.4, -0.2) is 38.8 Å². The van der Waals surface area contributed by atoms with Crippen molar-refractivity contribution in [3.05, 3.63) is 53.1 Å². The van der Waals surface area contributed by atoms with E-state index in [1.807, 2.05) is 0 Å². The minimum Gasteiger partial charge on any atom is -0.495 e. The van der Waals surface area contributed by atoms with Gasteiger partial charge < -0.3 is 10.1 Å². The molecule has 3 rings (SSSR count). The molecule has 0 saturated carbocycles. The summed E-state index contributed by atoms with van der Waals surface area (Å²) >= 11 is 6.04. The summed E-state index contributed by atoms with van der Waals surface area (Å²) in [5.74, 6) is -0.750. The number of hydrogen-bond donors (Lipinski definition) is 1. The fraction of sp³-hybridized carbons (Fsp3) is 0.350. The Balaban J connectivity index is 1.71. The summed E-state index contributed by atoms with van der Waals surface area (Å²) in [6.45, 7) is 0.203. The highest BCUT2D eigenvalue weighted by Gasteiger charge is 2.34. The first-order chi connectivity index (χ1) is 14.5. The Morgan fingerprint density at radius 1 is 1.19 bits per heavy atom. The molecule has 1 fully saturated rings. The number of anilines is 1. The van der Waals surface area contributed by atoms with E-state index in [1.165, 1.54) is 29.6 Å². The highest BCUT2D eigenvalue weighted by Crippen LogP contribution is 2.32. The Morgan fingerprint density at radius 3 is 2.45 bits per heavy atom. The predicted octanol–water partition coefficient (Wildman–Crippen LogP) is 4.41. The molecule has 0 bridgehead atoms. The van der Waals surface area contributed by atoms with Gasteiger partial charge in [-0.2, -0.15) is 17.5 Å². The van der Waals surface area contributed by atoms with Gasteiger partial charge in [0.25, 0.3) is 0 Å². The lowest BCUT2D eigenvalue weighted by atomic mass is 9.98. The molecule has 0 aliphatic carbocycles. The molecule has 1 amide bonds. The van der Waals surface area contributed by atoms with Crippen LogP contribution < -0.4 is 10.1 Å². The van der Waals surface area contributed by atoms with E-state index in [9.17, 15) is 26.4 Å². The first-order valence-corrected chi connectivity index (χ1v) is 11.2. The quantitative estimate of drug-likeness (QED) is 0.693. The van der Waals surface area contributed by atoms with Crippen LogP contribution in [-0.2, 0) is 21.0 Å². The Hall–Kier alpha value is -2.30. The lowest BCUT2D eigenvalue weighted by Crippen LogP contribution is -2.43. The number of nitrogens with zero attached hydrogens (tertiary/aromatic N) is 1. The molecule has 6 nitrogen and oxygen atoms in total. The maximum atomic E-state index is 13.0. The van der Waals surface area contributed by atoms with Gasteiger partial charge in [0.2, 0.25) is 15.9 Å². The molecular weight excluding hydrogens is 457 g/mol. The number of nitrogens with one attached hydrogen (secondary N) is 1. The number of piperidine rings is 1. The zero-order valence-corrected chi connectivity index (χ0v) is 18.0. The second-order valence-electron chi connectivity index (χ2n) is 7.06. The van der Waals surface area contributed by atoms with Gasteiger partial charge >= 0.3 is 6.18 Å². The number of carbonyl (C=O) groups excluding carboxylic acids is 1. The molecule has 31 heavy (non-hydrogen) atoms. The SMILES string of the molecule is COc1ccc(S(=O)(=O)N2CCC[C@H](C(=O)Nc3ccc(C(F)(F)F)cc3)C2)cc1Cl. The number of sulfonamides is 1. The summed E-state index contributed by atoms with van der Waals surface area (Å²) in [4.78, 5) is 12.6. The van der Waals surface area contributed by atoms with Gasteiger partial charge in [0.15, 0.2) is 0 Å². The van der Waals surface area contributed by atoms with Gasteiger partial charge in [-0.1, -0.05) is 11.6 Å². The van der Waals surface area contributed by atoms with Crippen LogP contribution in [0.5, 0.6) is 5.75 Å². The number of hydrogen-bond acceptors (Lipinski definition) is 4. The van der Waals surface area contributed by atoms with Gasteiger partial charge in [-0.05, 0) is 55.3 Å². The van der Waals surface area contributed by atoms with Gasteiger partial charge in [0.1, 0.15) is 5.75 Å². The third-order valence-electron chi connectivity index (χ3n) is 5.00. The van der Waals surface area contributed by atoms with Crippen molar-refractivity contribution >= 4 is 33.2 Å². The highest BCUT2D eigenvalue weighted by atomic mass is 35.5. The third-order valence-corrected chi connectivity index (χ3v) is 7.15. The zero-order chi connectivity index (χ0) is 22.8. The van der Waals surface area contributed by atoms with Gasteiger partial charge in [-0.15, -0.1) is 0 Å². The molecule has 1 saturated heterocycles. The van der Waals surface area contributed by atoms with Crippen molar-refractivity contribution in [2.45, 2.75) is 23.9 Å². The Bertz CT molecular complexity index is 1060. The normalized spacial score (nSPS) is 17.9. The summed E-state index contributed by atoms with van der Waals surface area (Å²) < 4.78 is 70.2. The number of benzene rings is 2. The number of halogens is 4. The highest BCUT2D eigenvalue weighted by molar-refractivity contribution is 7.89. The van der Waals surface area contributed by atoms with E-state index in [-0.39, 0.29) is 28.7 Å². The molecule has 1 aliphatic rings. The number of alkyl halides is 3. The lowest BCUT2D eigenvalue weighted by molar-refractivity contribution is -0.137. The van der Waals surface area contributed by atoms with E-state index in [2.05, 4.69) is 5.32 Å². The van der Waals surface area contributed by atoms with E-state index in [0.717, 1.165) is 24.3 Å². The van der Waals surface area contributed by atoms with Crippen LogP contribution in [0.4, 0.5) is 18.9 Å². The van der Waals surface area contributed by atoms with E-state index in [0.29, 0.717) is 18.6 Å². The Kier molecular flexibility index (Phi) is 6.82. The first kappa shape index (κ1) is 23.4. The van der Waals surface area contributed by atoms with Crippen molar-refractivity contribution in [1.29, 1.82) is 0 Å².